The van der Waals surface area contributed by atoms with E-state index in [9.17, 15) is 20.2 Å². The summed E-state index contributed by atoms with van der Waals surface area (Å²) in [6.07, 6.45) is 0. The minimum absolute atomic E-state index is 0.0193. The van der Waals surface area contributed by atoms with Crippen molar-refractivity contribution in [3.63, 3.8) is 0 Å². The third-order valence-corrected chi connectivity index (χ3v) is 4.51. The molecule has 0 radical (unpaired) electrons. The Morgan fingerprint density at radius 3 is 2.19 bits per heavy atom. The molecule has 0 fully saturated rings. The Balaban J connectivity index is 1.67. The zero-order valence-corrected chi connectivity index (χ0v) is 14.1. The summed E-state index contributed by atoms with van der Waals surface area (Å²) < 4.78 is 0. The molecule has 0 bridgehead atoms. The summed E-state index contributed by atoms with van der Waals surface area (Å²) >= 11 is 1.42. The Bertz CT molecular complexity index is 946. The maximum atomic E-state index is 10.8. The highest BCUT2D eigenvalue weighted by molar-refractivity contribution is 7.98. The van der Waals surface area contributed by atoms with E-state index in [0.717, 1.165) is 11.1 Å². The van der Waals surface area contributed by atoms with Gasteiger partial charge in [0.1, 0.15) is 5.03 Å². The van der Waals surface area contributed by atoms with E-state index in [-0.39, 0.29) is 11.4 Å². The molecule has 2 aromatic carbocycles. The first kappa shape index (κ1) is 17.5. The van der Waals surface area contributed by atoms with Gasteiger partial charge in [-0.3, -0.25) is 20.2 Å². The van der Waals surface area contributed by atoms with Crippen molar-refractivity contribution < 1.29 is 9.85 Å². The molecule has 3 aromatic rings. The number of nitrogens with zero attached hydrogens (tertiary/aromatic N) is 4. The molecule has 8 nitrogen and oxygen atoms in total. The van der Waals surface area contributed by atoms with Gasteiger partial charge in [-0.05, 0) is 29.8 Å². The number of benzene rings is 2. The van der Waals surface area contributed by atoms with Crippen LogP contribution in [0.15, 0.2) is 65.7 Å². The molecule has 0 atom stereocenters. The van der Waals surface area contributed by atoms with Gasteiger partial charge in [0.05, 0.1) is 15.5 Å². The van der Waals surface area contributed by atoms with Crippen LogP contribution in [0.2, 0.25) is 0 Å². The van der Waals surface area contributed by atoms with Gasteiger partial charge in [-0.25, -0.2) is 0 Å². The van der Waals surface area contributed by atoms with Crippen LogP contribution < -0.4 is 0 Å². The van der Waals surface area contributed by atoms with Crippen molar-refractivity contribution in [2.75, 3.05) is 0 Å². The van der Waals surface area contributed by atoms with Crippen molar-refractivity contribution in [2.24, 2.45) is 0 Å². The zero-order chi connectivity index (χ0) is 18.5. The molecular formula is C17H12N4O4S. The molecule has 0 unspecified atom stereocenters. The molecule has 1 heterocycles. The van der Waals surface area contributed by atoms with Crippen LogP contribution in [0.1, 0.15) is 5.56 Å². The molecular weight excluding hydrogens is 356 g/mol. The van der Waals surface area contributed by atoms with Gasteiger partial charge in [-0.15, -0.1) is 10.2 Å². The van der Waals surface area contributed by atoms with Gasteiger partial charge in [0.25, 0.3) is 11.4 Å². The standard InChI is InChI=1S/C17H12N4O4S/c22-20(23)14-6-4-13(5-7-14)16-8-9-17(19-18-16)26-11-12-2-1-3-15(10-12)21(24)25/h1-10H,11H2. The van der Waals surface area contributed by atoms with Crippen molar-refractivity contribution in [2.45, 2.75) is 10.8 Å². The van der Waals surface area contributed by atoms with Crippen LogP contribution in [-0.4, -0.2) is 20.0 Å². The number of nitro groups is 2. The van der Waals surface area contributed by atoms with E-state index in [2.05, 4.69) is 10.2 Å². The number of hydrogen-bond donors (Lipinski definition) is 0. The molecule has 0 amide bonds. The average Bonchev–Trinajstić information content (AvgIpc) is 2.67. The lowest BCUT2D eigenvalue weighted by atomic mass is 10.1. The molecule has 0 saturated carbocycles. The van der Waals surface area contributed by atoms with E-state index < -0.39 is 9.85 Å². The van der Waals surface area contributed by atoms with Crippen LogP contribution >= 0.6 is 11.8 Å². The summed E-state index contributed by atoms with van der Waals surface area (Å²) in [7, 11) is 0. The lowest BCUT2D eigenvalue weighted by Crippen LogP contribution is -1.92. The Morgan fingerprint density at radius 1 is 0.846 bits per heavy atom. The minimum atomic E-state index is -0.455. The number of hydrogen-bond acceptors (Lipinski definition) is 7. The fourth-order valence-electron chi connectivity index (χ4n) is 2.22. The summed E-state index contributed by atoms with van der Waals surface area (Å²) in [5, 5.41) is 30.4. The molecule has 0 aliphatic heterocycles. The van der Waals surface area contributed by atoms with Crippen molar-refractivity contribution in [3.05, 3.63) is 86.5 Å². The van der Waals surface area contributed by atoms with Gasteiger partial charge in [0.15, 0.2) is 0 Å². The minimum Gasteiger partial charge on any atom is -0.258 e. The third kappa shape index (κ3) is 4.19. The SMILES string of the molecule is O=[N+]([O-])c1ccc(-c2ccc(SCc3cccc([N+](=O)[O-])c3)nn2)cc1. The molecule has 1 aromatic heterocycles. The van der Waals surface area contributed by atoms with Gasteiger partial charge >= 0.3 is 0 Å². The van der Waals surface area contributed by atoms with Crippen LogP contribution in [-0.2, 0) is 5.75 Å². The smallest absolute Gasteiger partial charge is 0.258 e. The Labute approximate surface area is 152 Å². The molecule has 0 aliphatic carbocycles. The molecule has 0 spiro atoms. The van der Waals surface area contributed by atoms with E-state index in [1.807, 2.05) is 6.07 Å². The quantitative estimate of drug-likeness (QED) is 0.363. The van der Waals surface area contributed by atoms with E-state index in [0.29, 0.717) is 16.5 Å². The van der Waals surface area contributed by atoms with E-state index in [4.69, 9.17) is 0 Å². The molecule has 0 saturated heterocycles. The number of aromatic nitrogens is 2. The third-order valence-electron chi connectivity index (χ3n) is 3.52. The molecule has 3 rings (SSSR count). The maximum Gasteiger partial charge on any atom is 0.269 e. The first-order valence-electron chi connectivity index (χ1n) is 7.47. The van der Waals surface area contributed by atoms with E-state index >= 15 is 0 Å². The van der Waals surface area contributed by atoms with E-state index in [1.165, 1.54) is 36.0 Å². The van der Waals surface area contributed by atoms with Crippen LogP contribution in [0, 0.1) is 20.2 Å². The lowest BCUT2D eigenvalue weighted by molar-refractivity contribution is -0.385. The van der Waals surface area contributed by atoms with Crippen molar-refractivity contribution in [1.29, 1.82) is 0 Å². The highest BCUT2D eigenvalue weighted by Gasteiger charge is 2.08. The van der Waals surface area contributed by atoms with Crippen molar-refractivity contribution in [1.82, 2.24) is 10.2 Å². The Kier molecular flexibility index (Phi) is 5.18. The monoisotopic (exact) mass is 368 g/mol. The maximum absolute atomic E-state index is 10.8. The summed E-state index contributed by atoms with van der Waals surface area (Å²) in [6.45, 7) is 0. The Morgan fingerprint density at radius 2 is 1.58 bits per heavy atom. The second-order valence-corrected chi connectivity index (χ2v) is 6.27. The number of thioether (sulfide) groups is 1. The second kappa shape index (κ2) is 7.70. The van der Waals surface area contributed by atoms with Gasteiger partial charge in [0, 0.05) is 35.6 Å². The topological polar surface area (TPSA) is 112 Å². The van der Waals surface area contributed by atoms with Gasteiger partial charge < -0.3 is 0 Å². The highest BCUT2D eigenvalue weighted by Crippen LogP contribution is 2.25. The summed E-state index contributed by atoms with van der Waals surface area (Å²) in [5.74, 6) is 0.535. The van der Waals surface area contributed by atoms with Crippen LogP contribution in [0.3, 0.4) is 0 Å². The molecule has 9 heteroatoms. The normalized spacial score (nSPS) is 10.5. The van der Waals surface area contributed by atoms with Crippen LogP contribution in [0.5, 0.6) is 0 Å². The van der Waals surface area contributed by atoms with Crippen LogP contribution in [0.25, 0.3) is 11.3 Å². The van der Waals surface area contributed by atoms with Gasteiger partial charge in [-0.2, -0.15) is 0 Å². The predicted octanol–water partition coefficient (Wildman–Crippen LogP) is 4.25. The predicted molar refractivity (Wildman–Crippen MR) is 96.8 cm³/mol. The highest BCUT2D eigenvalue weighted by atomic mass is 32.2. The van der Waals surface area contributed by atoms with Gasteiger partial charge in [0.2, 0.25) is 0 Å². The number of non-ortho nitro benzene ring substituents is 2. The van der Waals surface area contributed by atoms with Crippen molar-refractivity contribution in [3.8, 4) is 11.3 Å². The molecule has 130 valence electrons. The summed E-state index contributed by atoms with van der Waals surface area (Å²) in [5.41, 5.74) is 2.25. The fourth-order valence-corrected chi connectivity index (χ4v) is 2.98. The molecule has 26 heavy (non-hydrogen) atoms. The first-order chi connectivity index (χ1) is 12.5. The first-order valence-corrected chi connectivity index (χ1v) is 8.46. The molecule has 0 N–H and O–H groups in total. The lowest BCUT2D eigenvalue weighted by Gasteiger charge is -2.03. The van der Waals surface area contributed by atoms with E-state index in [1.54, 1.807) is 30.3 Å². The fraction of sp³-hybridized carbons (Fsp3) is 0.0588. The number of rotatable bonds is 6. The van der Waals surface area contributed by atoms with Crippen LogP contribution in [0.4, 0.5) is 11.4 Å². The Hall–Kier alpha value is -3.33. The summed E-state index contributed by atoms with van der Waals surface area (Å²) in [6, 6.07) is 16.1. The second-order valence-electron chi connectivity index (χ2n) is 5.28. The molecule has 0 aliphatic rings. The largest absolute Gasteiger partial charge is 0.269 e. The zero-order valence-electron chi connectivity index (χ0n) is 13.3. The average molecular weight is 368 g/mol. The van der Waals surface area contributed by atoms with Crippen molar-refractivity contribution >= 4 is 23.1 Å². The van der Waals surface area contributed by atoms with Gasteiger partial charge in [-0.1, -0.05) is 23.9 Å². The summed E-state index contributed by atoms with van der Waals surface area (Å²) in [4.78, 5) is 20.6. The number of nitro benzene ring substituents is 2.